The number of nitrogens with two attached hydrogens (primary N) is 1. The fourth-order valence-corrected chi connectivity index (χ4v) is 3.93. The van der Waals surface area contributed by atoms with Crippen LogP contribution in [0.4, 0.5) is 5.69 Å². The van der Waals surface area contributed by atoms with E-state index in [9.17, 15) is 9.90 Å². The minimum absolute atomic E-state index is 0.324. The van der Waals surface area contributed by atoms with E-state index in [1.54, 1.807) is 0 Å². The van der Waals surface area contributed by atoms with Crippen molar-refractivity contribution < 1.29 is 14.6 Å². The number of anilines is 1. The molecule has 0 saturated carbocycles. The van der Waals surface area contributed by atoms with Crippen molar-refractivity contribution in [2.24, 2.45) is 5.73 Å². The molecule has 0 fully saturated rings. The van der Waals surface area contributed by atoms with Crippen molar-refractivity contribution in [2.75, 3.05) is 4.90 Å². The minimum Gasteiger partial charge on any atom is -0.489 e. The van der Waals surface area contributed by atoms with Gasteiger partial charge in [-0.15, -0.1) is 0 Å². The normalized spacial score (nSPS) is 14.9. The van der Waals surface area contributed by atoms with Crippen LogP contribution in [0.2, 0.25) is 0 Å². The van der Waals surface area contributed by atoms with Gasteiger partial charge in [-0.25, -0.2) is 4.79 Å². The number of nitrogens with zero attached hydrogens (tertiary/aromatic N) is 1. The first-order valence-corrected chi connectivity index (χ1v) is 10.1. The molecule has 5 nitrogen and oxygen atoms in total. The lowest BCUT2D eigenvalue weighted by molar-refractivity contribution is -0.138. The number of thiocarbonyl (C=S) groups is 1. The maximum atomic E-state index is 12.0. The van der Waals surface area contributed by atoms with E-state index in [0.717, 1.165) is 33.7 Å². The van der Waals surface area contributed by atoms with Gasteiger partial charge >= 0.3 is 5.97 Å². The molecule has 1 unspecified atom stereocenters. The van der Waals surface area contributed by atoms with Gasteiger partial charge in [0.05, 0.1) is 0 Å². The number of carbonyl (C=O) groups is 1. The topological polar surface area (TPSA) is 75.8 Å². The Morgan fingerprint density at radius 3 is 2.53 bits per heavy atom. The maximum absolute atomic E-state index is 12.0. The zero-order chi connectivity index (χ0) is 21.1. The van der Waals surface area contributed by atoms with Crippen LogP contribution >= 0.6 is 12.2 Å². The Morgan fingerprint density at radius 2 is 1.80 bits per heavy atom. The first kappa shape index (κ1) is 19.9. The van der Waals surface area contributed by atoms with Crippen LogP contribution in [0.3, 0.4) is 0 Å². The smallest absolute Gasteiger partial charge is 0.326 e. The van der Waals surface area contributed by atoms with Gasteiger partial charge in [-0.1, -0.05) is 66.8 Å². The summed E-state index contributed by atoms with van der Waals surface area (Å²) >= 11 is 5.07. The van der Waals surface area contributed by atoms with Gasteiger partial charge in [0.25, 0.3) is 0 Å². The van der Waals surface area contributed by atoms with Gasteiger partial charge in [-0.05, 0) is 29.3 Å². The highest BCUT2D eigenvalue weighted by Gasteiger charge is 2.36. The van der Waals surface area contributed by atoms with Gasteiger partial charge in [0, 0.05) is 29.8 Å². The molecule has 0 saturated heterocycles. The molecule has 0 amide bonds. The zero-order valence-electron chi connectivity index (χ0n) is 16.3. The van der Waals surface area contributed by atoms with E-state index < -0.39 is 12.0 Å². The molecule has 0 aromatic heterocycles. The molecule has 30 heavy (non-hydrogen) atoms. The molecule has 1 atom stereocenters. The van der Waals surface area contributed by atoms with E-state index in [1.807, 2.05) is 77.7 Å². The zero-order valence-corrected chi connectivity index (χ0v) is 17.1. The highest BCUT2D eigenvalue weighted by molar-refractivity contribution is 7.80. The van der Waals surface area contributed by atoms with Crippen molar-refractivity contribution >= 4 is 28.9 Å². The van der Waals surface area contributed by atoms with Crippen molar-refractivity contribution in [3.8, 4) is 5.75 Å². The van der Waals surface area contributed by atoms with Crippen LogP contribution in [0.15, 0.2) is 72.8 Å². The van der Waals surface area contributed by atoms with Crippen molar-refractivity contribution in [1.29, 1.82) is 0 Å². The first-order chi connectivity index (χ1) is 14.5. The highest BCUT2D eigenvalue weighted by Crippen LogP contribution is 2.39. The molecule has 3 aromatic rings. The summed E-state index contributed by atoms with van der Waals surface area (Å²) in [7, 11) is 0. The molecule has 0 aliphatic carbocycles. The summed E-state index contributed by atoms with van der Waals surface area (Å²) in [6.07, 6.45) is 0.393. The number of rotatable bonds is 7. The predicted octanol–water partition coefficient (Wildman–Crippen LogP) is 3.92. The molecule has 6 heteroatoms. The van der Waals surface area contributed by atoms with E-state index in [4.69, 9.17) is 22.7 Å². The predicted molar refractivity (Wildman–Crippen MR) is 121 cm³/mol. The maximum Gasteiger partial charge on any atom is 0.326 e. The Morgan fingerprint density at radius 1 is 1.07 bits per heavy atom. The van der Waals surface area contributed by atoms with Crippen molar-refractivity contribution in [1.82, 2.24) is 0 Å². The average Bonchev–Trinajstić information content (AvgIpc) is 3.12. The van der Waals surface area contributed by atoms with E-state index in [0.29, 0.717) is 24.6 Å². The lowest BCUT2D eigenvalue weighted by Crippen LogP contribution is -2.38. The van der Waals surface area contributed by atoms with Crippen molar-refractivity contribution in [3.63, 3.8) is 0 Å². The van der Waals surface area contributed by atoms with E-state index in [1.165, 1.54) is 0 Å². The van der Waals surface area contributed by atoms with Crippen LogP contribution in [0.25, 0.3) is 0 Å². The highest BCUT2D eigenvalue weighted by atomic mass is 32.1. The minimum atomic E-state index is -0.856. The molecule has 3 aromatic carbocycles. The van der Waals surface area contributed by atoms with Gasteiger partial charge in [0.15, 0.2) is 0 Å². The van der Waals surface area contributed by atoms with E-state index in [-0.39, 0.29) is 0 Å². The number of hydrogen-bond donors (Lipinski definition) is 2. The summed E-state index contributed by atoms with van der Waals surface area (Å²) in [5, 5.41) is 9.85. The van der Waals surface area contributed by atoms with Gasteiger partial charge in [-0.3, -0.25) is 0 Å². The standard InChI is InChI=1S/C24H22N2O3S/c25-23(30)18-9-4-8-17(12-18)14-26-20-10-5-11-22(19(20)13-21(26)24(27)28)29-15-16-6-2-1-3-7-16/h1-12,21H,13-15H2,(H2,25,30)(H,27,28). The quantitative estimate of drug-likeness (QED) is 0.567. The summed E-state index contributed by atoms with van der Waals surface area (Å²) < 4.78 is 6.06. The molecule has 0 bridgehead atoms. The molecule has 0 spiro atoms. The summed E-state index contributed by atoms with van der Waals surface area (Å²) in [5.74, 6) is -0.132. The summed E-state index contributed by atoms with van der Waals surface area (Å²) in [6, 6.07) is 22.6. The summed E-state index contributed by atoms with van der Waals surface area (Å²) in [4.78, 5) is 14.2. The van der Waals surface area contributed by atoms with Gasteiger partial charge in [0.1, 0.15) is 23.4 Å². The third-order valence-electron chi connectivity index (χ3n) is 5.28. The van der Waals surface area contributed by atoms with E-state index in [2.05, 4.69) is 0 Å². The van der Waals surface area contributed by atoms with Crippen molar-refractivity contribution in [3.05, 3.63) is 95.1 Å². The third kappa shape index (κ3) is 4.14. The van der Waals surface area contributed by atoms with Crippen LogP contribution in [0.5, 0.6) is 5.75 Å². The van der Waals surface area contributed by atoms with Crippen molar-refractivity contribution in [2.45, 2.75) is 25.6 Å². The van der Waals surface area contributed by atoms with Crippen LogP contribution in [0, 0.1) is 0 Å². The molecule has 1 aliphatic rings. The Kier molecular flexibility index (Phi) is 5.68. The Balaban J connectivity index is 1.62. The van der Waals surface area contributed by atoms with Crippen LogP contribution in [-0.4, -0.2) is 22.1 Å². The van der Waals surface area contributed by atoms with Crippen LogP contribution < -0.4 is 15.4 Å². The Labute approximate surface area is 180 Å². The Bertz CT molecular complexity index is 1080. The molecule has 1 heterocycles. The molecule has 4 rings (SSSR count). The molecule has 3 N–H and O–H groups in total. The number of fused-ring (bicyclic) bond motifs is 1. The fourth-order valence-electron chi connectivity index (χ4n) is 3.81. The second-order valence-electron chi connectivity index (χ2n) is 7.28. The monoisotopic (exact) mass is 418 g/mol. The van der Waals surface area contributed by atoms with Crippen LogP contribution in [-0.2, 0) is 24.4 Å². The largest absolute Gasteiger partial charge is 0.489 e. The summed E-state index contributed by atoms with van der Waals surface area (Å²) in [6.45, 7) is 0.883. The van der Waals surface area contributed by atoms with Gasteiger partial charge in [0.2, 0.25) is 0 Å². The molecule has 0 radical (unpaired) electrons. The second kappa shape index (κ2) is 8.55. The average molecular weight is 419 g/mol. The van der Waals surface area contributed by atoms with Gasteiger partial charge in [-0.2, -0.15) is 0 Å². The molecule has 152 valence electrons. The number of aliphatic carboxylic acids is 1. The SMILES string of the molecule is NC(=S)c1cccc(CN2c3cccc(OCc4ccccc4)c3CC2C(=O)O)c1. The number of carboxylic acids is 1. The second-order valence-corrected chi connectivity index (χ2v) is 7.72. The fraction of sp³-hybridized carbons (Fsp3) is 0.167. The third-order valence-corrected chi connectivity index (χ3v) is 5.51. The van der Waals surface area contributed by atoms with Gasteiger partial charge < -0.3 is 20.5 Å². The first-order valence-electron chi connectivity index (χ1n) is 9.70. The summed E-state index contributed by atoms with van der Waals surface area (Å²) in [5.41, 5.74) is 10.3. The molecule has 1 aliphatic heterocycles. The molecular formula is C24H22N2O3S. The molecular weight excluding hydrogens is 396 g/mol. The van der Waals surface area contributed by atoms with E-state index >= 15 is 0 Å². The lowest BCUT2D eigenvalue weighted by atomic mass is 10.1. The van der Waals surface area contributed by atoms with Crippen LogP contribution in [0.1, 0.15) is 22.3 Å². The Hall–Kier alpha value is -3.38. The number of hydrogen-bond acceptors (Lipinski definition) is 4. The number of ether oxygens (including phenoxy) is 1. The number of benzene rings is 3. The lowest BCUT2D eigenvalue weighted by Gasteiger charge is -2.25. The number of carboxylic acid groups (broad SMARTS) is 1.